The summed E-state index contributed by atoms with van der Waals surface area (Å²) >= 11 is 0. The van der Waals surface area contributed by atoms with Gasteiger partial charge in [0, 0.05) is 43.7 Å². The van der Waals surface area contributed by atoms with Crippen LogP contribution in [0, 0.1) is 35.3 Å². The van der Waals surface area contributed by atoms with Crippen LogP contribution in [0.1, 0.15) is 50.2 Å². The van der Waals surface area contributed by atoms with Gasteiger partial charge >= 0.3 is 6.01 Å². The number of rotatable bonds is 9. The summed E-state index contributed by atoms with van der Waals surface area (Å²) in [5, 5.41) is 14.0. The zero-order valence-corrected chi connectivity index (χ0v) is 27.6. The highest BCUT2D eigenvalue weighted by Crippen LogP contribution is 2.39. The number of alkyl halides is 1. The summed E-state index contributed by atoms with van der Waals surface area (Å²) < 4.78 is 52.1. The molecule has 2 atom stereocenters. The lowest BCUT2D eigenvalue weighted by Gasteiger charge is -2.38. The molecule has 2 aromatic heterocycles. The van der Waals surface area contributed by atoms with Crippen molar-refractivity contribution >= 4 is 33.4 Å². The van der Waals surface area contributed by atoms with Crippen LogP contribution in [0.15, 0.2) is 43.1 Å². The maximum absolute atomic E-state index is 16.9. The van der Waals surface area contributed by atoms with E-state index in [0.29, 0.717) is 11.9 Å². The highest BCUT2D eigenvalue weighted by molar-refractivity contribution is 6.03. The van der Waals surface area contributed by atoms with E-state index in [1.54, 1.807) is 18.0 Å². The quantitative estimate of drug-likeness (QED) is 0.167. The minimum atomic E-state index is -1.02. The van der Waals surface area contributed by atoms with Gasteiger partial charge in [0.15, 0.2) is 5.82 Å². The number of likely N-dealkylation sites (N-methyl/N-ethyl adjacent to an activating group) is 2. The lowest BCUT2D eigenvalue weighted by Crippen LogP contribution is -2.51. The fourth-order valence-electron chi connectivity index (χ4n) is 7.14. The van der Waals surface area contributed by atoms with Crippen molar-refractivity contribution < 1.29 is 22.7 Å². The molecular weight excluding hydrogens is 631 g/mol. The Bertz CT molecular complexity index is 2070. The van der Waals surface area contributed by atoms with E-state index in [4.69, 9.17) is 11.2 Å². The number of amides is 1. The van der Waals surface area contributed by atoms with Crippen molar-refractivity contribution in [3.8, 4) is 35.7 Å². The number of hydrogen-bond acceptors (Lipinski definition) is 8. The molecule has 252 valence electrons. The molecule has 0 radical (unpaired) electrons. The van der Waals surface area contributed by atoms with Crippen molar-refractivity contribution in [2.75, 3.05) is 39.1 Å². The Balaban J connectivity index is 1.49. The lowest BCUT2D eigenvalue weighted by molar-refractivity contribution is -0.129. The van der Waals surface area contributed by atoms with Gasteiger partial charge in [0.05, 0.1) is 33.7 Å². The molecule has 4 aromatic rings. The van der Waals surface area contributed by atoms with Crippen LogP contribution in [-0.2, 0) is 4.79 Å². The van der Waals surface area contributed by atoms with Gasteiger partial charge in [-0.05, 0) is 56.5 Å². The van der Waals surface area contributed by atoms with Gasteiger partial charge in [-0.1, -0.05) is 31.4 Å². The van der Waals surface area contributed by atoms with E-state index in [9.17, 15) is 18.8 Å². The third-order valence-electron chi connectivity index (χ3n) is 10.2. The number of benzene rings is 2. The molecule has 6 rings (SSSR count). The number of nitrogens with zero attached hydrogens (tertiary/aromatic N) is 6. The second-order valence-electron chi connectivity index (χ2n) is 13.2. The van der Waals surface area contributed by atoms with E-state index < -0.39 is 28.9 Å². The van der Waals surface area contributed by atoms with E-state index in [1.807, 2.05) is 18.9 Å². The van der Waals surface area contributed by atoms with Crippen LogP contribution in [0.2, 0.25) is 0 Å². The van der Waals surface area contributed by atoms with Crippen LogP contribution in [0.3, 0.4) is 0 Å². The monoisotopic (exact) mass is 667 g/mol. The third kappa shape index (κ3) is 6.02. The van der Waals surface area contributed by atoms with Crippen LogP contribution in [0.25, 0.3) is 32.9 Å². The number of pyridine rings is 1. The number of halogens is 3. The Hall–Kier alpha value is -5.20. The van der Waals surface area contributed by atoms with Gasteiger partial charge in [-0.3, -0.25) is 14.7 Å². The number of nitrogens with one attached hydrogen (secondary N) is 1. The molecule has 0 unspecified atom stereocenters. The first-order valence-electron chi connectivity index (χ1n) is 16.1. The number of carbonyl (C=O) groups is 1. The summed E-state index contributed by atoms with van der Waals surface area (Å²) in [6.45, 7) is 6.10. The first-order valence-corrected chi connectivity index (χ1v) is 16.1. The predicted octanol–water partition coefficient (Wildman–Crippen LogP) is 6.16. The summed E-state index contributed by atoms with van der Waals surface area (Å²) in [6.07, 6.45) is 10.9. The Kier molecular flexibility index (Phi) is 8.95. The van der Waals surface area contributed by atoms with Crippen molar-refractivity contribution in [3.05, 3.63) is 65.9 Å². The minimum absolute atomic E-state index is 0.0363. The van der Waals surface area contributed by atoms with Gasteiger partial charge in [-0.15, -0.1) is 6.42 Å². The first kappa shape index (κ1) is 33.7. The van der Waals surface area contributed by atoms with Gasteiger partial charge in [0.25, 0.3) is 0 Å². The maximum Gasteiger partial charge on any atom is 0.319 e. The summed E-state index contributed by atoms with van der Waals surface area (Å²) in [7, 11) is 3.55. The minimum Gasteiger partial charge on any atom is -0.461 e. The van der Waals surface area contributed by atoms with E-state index in [1.165, 1.54) is 30.5 Å². The fourth-order valence-corrected chi connectivity index (χ4v) is 7.14. The van der Waals surface area contributed by atoms with Crippen molar-refractivity contribution in [2.45, 2.75) is 56.3 Å². The smallest absolute Gasteiger partial charge is 0.319 e. The SMILES string of the molecule is C#Cc1c(F)ccc2cc(C#N)cc(-c3ncc4c(NCC5(N(C)C(=O)C=C)CCCC5)nc(OC[C@]5(C)C[C@@H](F)CN5C)nc4c3F)c12. The fraction of sp³-hybridized carbons (Fsp3) is 0.378. The molecule has 1 saturated heterocycles. The highest BCUT2D eigenvalue weighted by atomic mass is 19.1. The molecule has 1 N–H and O–H groups in total. The molecule has 49 heavy (non-hydrogen) atoms. The van der Waals surface area contributed by atoms with Crippen LogP contribution in [0.5, 0.6) is 6.01 Å². The molecule has 1 aliphatic heterocycles. The summed E-state index contributed by atoms with van der Waals surface area (Å²) in [5.41, 5.74) is -1.30. The number of carbonyl (C=O) groups excluding carboxylic acids is 1. The van der Waals surface area contributed by atoms with Crippen LogP contribution >= 0.6 is 0 Å². The first-order chi connectivity index (χ1) is 23.4. The Labute approximate surface area is 282 Å². The average Bonchev–Trinajstić information content (AvgIpc) is 3.68. The molecule has 9 nitrogen and oxygen atoms in total. The average molecular weight is 668 g/mol. The number of terminal acetylenes is 1. The summed E-state index contributed by atoms with van der Waals surface area (Å²) in [5.74, 6) is 0.829. The van der Waals surface area contributed by atoms with Crippen LogP contribution in [0.4, 0.5) is 19.0 Å². The van der Waals surface area contributed by atoms with E-state index in [-0.39, 0.29) is 76.0 Å². The molecule has 2 fully saturated rings. The third-order valence-corrected chi connectivity index (χ3v) is 10.2. The molecule has 1 amide bonds. The van der Waals surface area contributed by atoms with E-state index in [0.717, 1.165) is 25.7 Å². The zero-order valence-electron chi connectivity index (χ0n) is 27.6. The van der Waals surface area contributed by atoms with Gasteiger partial charge in [-0.2, -0.15) is 15.2 Å². The molecular formula is C37H36F3N7O2. The second kappa shape index (κ2) is 13.0. The topological polar surface area (TPSA) is 107 Å². The Morgan fingerprint density at radius 3 is 2.69 bits per heavy atom. The molecule has 0 bridgehead atoms. The zero-order chi connectivity index (χ0) is 35.1. The Morgan fingerprint density at radius 2 is 2.04 bits per heavy atom. The van der Waals surface area contributed by atoms with Crippen molar-refractivity contribution in [3.63, 3.8) is 0 Å². The van der Waals surface area contributed by atoms with Gasteiger partial charge < -0.3 is 15.0 Å². The number of nitriles is 1. The molecule has 2 aliphatic rings. The lowest BCUT2D eigenvalue weighted by atomic mass is 9.94. The predicted molar refractivity (Wildman–Crippen MR) is 182 cm³/mol. The maximum atomic E-state index is 16.9. The molecule has 2 aromatic carbocycles. The molecule has 1 saturated carbocycles. The summed E-state index contributed by atoms with van der Waals surface area (Å²) in [4.78, 5) is 29.7. The second-order valence-corrected chi connectivity index (χ2v) is 13.2. The number of ether oxygens (including phenoxy) is 1. The summed E-state index contributed by atoms with van der Waals surface area (Å²) in [6, 6.07) is 7.55. The van der Waals surface area contributed by atoms with Crippen molar-refractivity contribution in [1.82, 2.24) is 24.8 Å². The number of fused-ring (bicyclic) bond motifs is 2. The number of aromatic nitrogens is 3. The van der Waals surface area contributed by atoms with Gasteiger partial charge in [0.2, 0.25) is 5.91 Å². The van der Waals surface area contributed by atoms with Gasteiger partial charge in [0.1, 0.15) is 35.6 Å². The highest BCUT2D eigenvalue weighted by Gasteiger charge is 2.42. The van der Waals surface area contributed by atoms with Crippen LogP contribution < -0.4 is 10.1 Å². The van der Waals surface area contributed by atoms with Gasteiger partial charge in [-0.25, -0.2) is 13.2 Å². The number of likely N-dealkylation sites (tertiary alicyclic amines) is 1. The molecule has 1 aliphatic carbocycles. The standard InChI is InChI=1S/C37H36F3N7O2/c1-6-25-28(39)11-10-23-14-22(17-41)15-26(30(23)25)32-31(40)33-27(18-42-32)34(43-20-37(12-8-9-13-37)47(5)29(48)7-2)45-35(44-33)49-21-36(3)16-24(38)19-46(36)4/h1,7,10-11,14-15,18,24H,2,8-9,12-13,16,19-21H2,3-5H3,(H,43,44,45)/t24-,36+/m1/s1. The van der Waals surface area contributed by atoms with E-state index >= 15 is 4.39 Å². The normalized spacial score (nSPS) is 20.2. The van der Waals surface area contributed by atoms with E-state index in [2.05, 4.69) is 38.8 Å². The molecule has 3 heterocycles. The molecule has 0 spiro atoms. The van der Waals surface area contributed by atoms with Crippen molar-refractivity contribution in [2.24, 2.45) is 0 Å². The number of hydrogen-bond donors (Lipinski definition) is 1. The number of anilines is 1. The van der Waals surface area contributed by atoms with Crippen LogP contribution in [-0.4, -0.2) is 81.7 Å². The Morgan fingerprint density at radius 1 is 1.29 bits per heavy atom. The van der Waals surface area contributed by atoms with Crippen molar-refractivity contribution in [1.29, 1.82) is 5.26 Å². The largest absolute Gasteiger partial charge is 0.461 e. The molecule has 12 heteroatoms.